The number of hydrogen-bond donors (Lipinski definition) is 0. The van der Waals surface area contributed by atoms with Gasteiger partial charge >= 0.3 is 5.97 Å². The minimum absolute atomic E-state index is 0.107. The fourth-order valence-electron chi connectivity index (χ4n) is 7.80. The molecule has 0 aromatic heterocycles. The van der Waals surface area contributed by atoms with Crippen molar-refractivity contribution in [3.05, 3.63) is 139 Å². The molecule has 0 N–H and O–H groups in total. The second-order valence-corrected chi connectivity index (χ2v) is 13.8. The van der Waals surface area contributed by atoms with E-state index < -0.39 is 47.7 Å². The Hall–Kier alpha value is -5.48. The first kappa shape index (κ1) is 37.3. The zero-order valence-corrected chi connectivity index (χ0v) is 30.5. The lowest BCUT2D eigenvalue weighted by Gasteiger charge is -2.36. The van der Waals surface area contributed by atoms with E-state index in [-0.39, 0.29) is 37.2 Å². The summed E-state index contributed by atoms with van der Waals surface area (Å²) in [6, 6.07) is 24.6. The van der Waals surface area contributed by atoms with Crippen molar-refractivity contribution in [2.75, 3.05) is 20.7 Å². The summed E-state index contributed by atoms with van der Waals surface area (Å²) in [6.45, 7) is 10.1. The number of carbonyl (C=O) groups excluding carboxylic acids is 4. The Kier molecular flexibility index (Phi) is 11.3. The Morgan fingerprint density at radius 2 is 1.64 bits per heavy atom. The number of allylic oxidation sites excluding steroid dienone is 1. The summed E-state index contributed by atoms with van der Waals surface area (Å²) in [7, 11) is 3.27. The Bertz CT molecular complexity index is 1850. The van der Waals surface area contributed by atoms with Crippen LogP contribution in [0.3, 0.4) is 0 Å². The van der Waals surface area contributed by atoms with Crippen molar-refractivity contribution in [2.45, 2.75) is 62.7 Å². The molecule has 0 saturated carbocycles. The maximum Gasteiger partial charge on any atom is 0.313 e. The van der Waals surface area contributed by atoms with Crippen molar-refractivity contribution in [1.82, 2.24) is 14.7 Å². The summed E-state index contributed by atoms with van der Waals surface area (Å²) in [5, 5.41) is 0. The highest BCUT2D eigenvalue weighted by molar-refractivity contribution is 5.99. The van der Waals surface area contributed by atoms with E-state index in [0.717, 1.165) is 11.1 Å². The molecule has 3 aromatic carbocycles. The minimum Gasteiger partial charge on any atom is -0.497 e. The summed E-state index contributed by atoms with van der Waals surface area (Å²) in [5.74, 6) is -2.80. The molecule has 2 saturated heterocycles. The molecule has 3 heterocycles. The van der Waals surface area contributed by atoms with Crippen molar-refractivity contribution in [2.24, 2.45) is 11.8 Å². The number of rotatable bonds is 16. The molecule has 276 valence electrons. The standard InChI is InChI=1S/C43H47N3O7/c1-6-8-19-35(47)44(4)29(3)38(32-17-13-10-14-18-32)52-42(50)36-34-24-25-43(53-34)37(36)40(48)46(28-31-20-22-33(51-5)23-21-31)39(43)41(49)45(26-7-2)27-30-15-11-9-12-16-30/h6-7,9-18,20-25,29,34,36-39H,1-2,8,19,26-28H2,3-5H3/t29-,34+,36-,37-,38+,39+,43-/m0/s1. The average molecular weight is 718 g/mol. The maximum absolute atomic E-state index is 14.8. The first-order valence-corrected chi connectivity index (χ1v) is 18.0. The molecule has 2 fully saturated rings. The average Bonchev–Trinajstić information content (AvgIpc) is 3.83. The van der Waals surface area contributed by atoms with Crippen LogP contribution in [0, 0.1) is 11.8 Å². The number of fused-ring (bicyclic) bond motifs is 1. The predicted molar refractivity (Wildman–Crippen MR) is 200 cm³/mol. The van der Waals surface area contributed by atoms with Crippen molar-refractivity contribution in [3.8, 4) is 5.75 Å². The number of methoxy groups -OCH3 is 1. The zero-order chi connectivity index (χ0) is 37.7. The molecule has 53 heavy (non-hydrogen) atoms. The van der Waals surface area contributed by atoms with Crippen LogP contribution in [0.15, 0.2) is 122 Å². The van der Waals surface area contributed by atoms with Crippen LogP contribution in [0.2, 0.25) is 0 Å². The maximum atomic E-state index is 14.8. The van der Waals surface area contributed by atoms with E-state index >= 15 is 0 Å². The molecule has 3 amide bonds. The number of hydrogen-bond acceptors (Lipinski definition) is 7. The fraction of sp³-hybridized carbons (Fsp3) is 0.349. The fourth-order valence-corrected chi connectivity index (χ4v) is 7.80. The third-order valence-corrected chi connectivity index (χ3v) is 10.6. The van der Waals surface area contributed by atoms with Crippen LogP contribution in [-0.4, -0.2) is 82.9 Å². The molecule has 10 nitrogen and oxygen atoms in total. The molecule has 10 heteroatoms. The molecule has 6 rings (SSSR count). The lowest BCUT2D eigenvalue weighted by atomic mass is 9.74. The number of nitrogens with zero attached hydrogens (tertiary/aromatic N) is 3. The zero-order valence-electron chi connectivity index (χ0n) is 30.5. The van der Waals surface area contributed by atoms with Gasteiger partial charge in [0.1, 0.15) is 29.4 Å². The molecule has 7 atom stereocenters. The highest BCUT2D eigenvalue weighted by Crippen LogP contribution is 2.56. The molecule has 3 aliphatic heterocycles. The van der Waals surface area contributed by atoms with Gasteiger partial charge in [-0.2, -0.15) is 0 Å². The predicted octanol–water partition coefficient (Wildman–Crippen LogP) is 5.66. The van der Waals surface area contributed by atoms with Crippen molar-refractivity contribution in [3.63, 3.8) is 0 Å². The second kappa shape index (κ2) is 16.0. The molecular weight excluding hydrogens is 670 g/mol. The highest BCUT2D eigenvalue weighted by Gasteiger charge is 2.73. The van der Waals surface area contributed by atoms with E-state index in [2.05, 4.69) is 13.2 Å². The van der Waals surface area contributed by atoms with Gasteiger partial charge in [0.15, 0.2) is 0 Å². The third-order valence-electron chi connectivity index (χ3n) is 10.6. The van der Waals surface area contributed by atoms with Gasteiger partial charge in [-0.3, -0.25) is 19.2 Å². The number of esters is 1. The van der Waals surface area contributed by atoms with E-state index in [1.165, 1.54) is 0 Å². The van der Waals surface area contributed by atoms with Crippen LogP contribution < -0.4 is 4.74 Å². The Labute approximate surface area is 311 Å². The van der Waals surface area contributed by atoms with Crippen molar-refractivity contribution in [1.29, 1.82) is 0 Å². The smallest absolute Gasteiger partial charge is 0.313 e. The van der Waals surface area contributed by atoms with Gasteiger partial charge in [-0.1, -0.05) is 97.1 Å². The van der Waals surface area contributed by atoms with Crippen LogP contribution >= 0.6 is 0 Å². The molecule has 2 bridgehead atoms. The van der Waals surface area contributed by atoms with Crippen LogP contribution in [-0.2, 0) is 41.7 Å². The van der Waals surface area contributed by atoms with E-state index in [4.69, 9.17) is 14.2 Å². The Balaban J connectivity index is 1.35. The van der Waals surface area contributed by atoms with Gasteiger partial charge in [-0.15, -0.1) is 13.2 Å². The highest BCUT2D eigenvalue weighted by atomic mass is 16.6. The number of likely N-dealkylation sites (tertiary alicyclic amines) is 1. The van der Waals surface area contributed by atoms with Gasteiger partial charge in [0.05, 0.1) is 25.2 Å². The van der Waals surface area contributed by atoms with Gasteiger partial charge in [0, 0.05) is 33.1 Å². The molecule has 3 aliphatic rings. The normalized spacial score (nSPS) is 23.5. The van der Waals surface area contributed by atoms with E-state index in [9.17, 15) is 19.2 Å². The molecular formula is C43H47N3O7. The van der Waals surface area contributed by atoms with Gasteiger partial charge in [-0.25, -0.2) is 0 Å². The van der Waals surface area contributed by atoms with Crippen LogP contribution in [0.5, 0.6) is 5.75 Å². The topological polar surface area (TPSA) is 106 Å². The van der Waals surface area contributed by atoms with Gasteiger partial charge in [-0.05, 0) is 42.2 Å². The summed E-state index contributed by atoms with van der Waals surface area (Å²) >= 11 is 0. The molecule has 1 spiro atoms. The van der Waals surface area contributed by atoms with Crippen molar-refractivity contribution < 1.29 is 33.4 Å². The molecule has 0 unspecified atom stereocenters. The van der Waals surface area contributed by atoms with Gasteiger partial charge < -0.3 is 28.9 Å². The second-order valence-electron chi connectivity index (χ2n) is 13.8. The van der Waals surface area contributed by atoms with Crippen LogP contribution in [0.1, 0.15) is 42.6 Å². The first-order valence-electron chi connectivity index (χ1n) is 18.0. The molecule has 0 aliphatic carbocycles. The quantitative estimate of drug-likeness (QED) is 0.139. The summed E-state index contributed by atoms with van der Waals surface area (Å²) < 4.78 is 18.3. The number of benzene rings is 3. The number of carbonyl (C=O) groups is 4. The minimum atomic E-state index is -1.41. The largest absolute Gasteiger partial charge is 0.497 e. The van der Waals surface area contributed by atoms with Gasteiger partial charge in [0.25, 0.3) is 0 Å². The van der Waals surface area contributed by atoms with E-state index in [1.807, 2.05) is 79.7 Å². The summed E-state index contributed by atoms with van der Waals surface area (Å²) in [5.41, 5.74) is 1.01. The van der Waals surface area contributed by atoms with Gasteiger partial charge in [0.2, 0.25) is 17.7 Å². The number of ether oxygens (including phenoxy) is 3. The molecule has 0 radical (unpaired) electrons. The van der Waals surface area contributed by atoms with Crippen molar-refractivity contribution >= 4 is 23.7 Å². The number of amides is 3. The van der Waals surface area contributed by atoms with Crippen LogP contribution in [0.4, 0.5) is 0 Å². The lowest BCUT2D eigenvalue weighted by Crippen LogP contribution is -2.55. The van der Waals surface area contributed by atoms with E-state index in [1.54, 1.807) is 65.3 Å². The monoisotopic (exact) mass is 717 g/mol. The first-order chi connectivity index (χ1) is 25.6. The molecule has 3 aromatic rings. The van der Waals surface area contributed by atoms with Crippen LogP contribution in [0.25, 0.3) is 0 Å². The Morgan fingerprint density at radius 1 is 0.962 bits per heavy atom. The Morgan fingerprint density at radius 3 is 2.28 bits per heavy atom. The lowest BCUT2D eigenvalue weighted by molar-refractivity contribution is -0.164. The third kappa shape index (κ3) is 7.28. The SMILES string of the molecule is C=CCCC(=O)N(C)[C@@H](C)[C@@H](OC(=O)[C@@H]1[C@H]2C(=O)N(Cc3ccc(OC)cc3)[C@H](C(=O)N(CC=C)Cc3ccccc3)[C@]23C=C[C@H]1O3)c1ccccc1. The summed E-state index contributed by atoms with van der Waals surface area (Å²) in [6.07, 6.45) is 6.09. The van der Waals surface area contributed by atoms with E-state index in [0.29, 0.717) is 24.3 Å². The number of likely N-dealkylation sites (N-methyl/N-ethyl adjacent to an activating group) is 1. The summed E-state index contributed by atoms with van der Waals surface area (Å²) in [4.78, 5) is 62.0.